The Bertz CT molecular complexity index is 399. The number of ether oxygens (including phenoxy) is 1. The van der Waals surface area contributed by atoms with E-state index in [0.717, 1.165) is 12.3 Å². The number of likely N-dealkylation sites (tertiary alicyclic amines) is 1. The zero-order valence-electron chi connectivity index (χ0n) is 10.5. The molecule has 3 nitrogen and oxygen atoms in total. The fourth-order valence-corrected chi connectivity index (χ4v) is 3.32. The average Bonchev–Trinajstić information content (AvgIpc) is 2.91. The first-order valence-electron chi connectivity index (χ1n) is 6.71. The van der Waals surface area contributed by atoms with Crippen molar-refractivity contribution in [2.45, 2.75) is 25.4 Å². The monoisotopic (exact) mass is 234 g/mol. The van der Waals surface area contributed by atoms with E-state index in [1.807, 2.05) is 0 Å². The first-order chi connectivity index (χ1) is 8.38. The molecule has 1 saturated heterocycles. The van der Waals surface area contributed by atoms with Gasteiger partial charge in [0.15, 0.2) is 6.04 Å². The van der Waals surface area contributed by atoms with Crippen LogP contribution in [0.25, 0.3) is 0 Å². The number of quaternary nitrogens is 2. The molecule has 1 fully saturated rings. The Kier molecular flexibility index (Phi) is 3.04. The summed E-state index contributed by atoms with van der Waals surface area (Å²) in [6.45, 7) is 5.05. The van der Waals surface area contributed by atoms with E-state index in [9.17, 15) is 0 Å². The summed E-state index contributed by atoms with van der Waals surface area (Å²) in [5, 5.41) is 2.44. The fraction of sp³-hybridized carbons (Fsp3) is 0.571. The van der Waals surface area contributed by atoms with Gasteiger partial charge >= 0.3 is 0 Å². The van der Waals surface area contributed by atoms with Gasteiger partial charge in [-0.2, -0.15) is 0 Å². The summed E-state index contributed by atoms with van der Waals surface area (Å²) in [7, 11) is 1.75. The highest BCUT2D eigenvalue weighted by Crippen LogP contribution is 2.23. The van der Waals surface area contributed by atoms with Gasteiger partial charge in [0.25, 0.3) is 0 Å². The van der Waals surface area contributed by atoms with Crippen LogP contribution in [0.2, 0.25) is 0 Å². The molecule has 92 valence electrons. The minimum Gasteiger partial charge on any atom is -0.497 e. The molecular weight excluding hydrogens is 212 g/mol. The Hall–Kier alpha value is -1.06. The SMILES string of the molecule is COc1ccc2c(c1)C[NH2+]C[C@@H]2[NH+]1CCCC1. The molecule has 0 spiro atoms. The zero-order valence-corrected chi connectivity index (χ0v) is 10.5. The average molecular weight is 234 g/mol. The maximum absolute atomic E-state index is 5.32. The molecule has 3 rings (SSSR count). The third kappa shape index (κ3) is 2.05. The van der Waals surface area contributed by atoms with Crippen LogP contribution in [0.4, 0.5) is 0 Å². The van der Waals surface area contributed by atoms with Crippen molar-refractivity contribution in [1.29, 1.82) is 0 Å². The van der Waals surface area contributed by atoms with Crippen LogP contribution >= 0.6 is 0 Å². The van der Waals surface area contributed by atoms with Crippen molar-refractivity contribution in [3.63, 3.8) is 0 Å². The number of nitrogens with two attached hydrogens (primary N) is 1. The molecule has 0 aliphatic carbocycles. The van der Waals surface area contributed by atoms with Crippen LogP contribution in [0.5, 0.6) is 5.75 Å². The third-order valence-corrected chi connectivity index (χ3v) is 4.23. The third-order valence-electron chi connectivity index (χ3n) is 4.23. The van der Waals surface area contributed by atoms with E-state index in [4.69, 9.17) is 4.74 Å². The molecule has 1 aromatic rings. The number of methoxy groups -OCH3 is 1. The van der Waals surface area contributed by atoms with Gasteiger partial charge in [0, 0.05) is 24.0 Å². The zero-order chi connectivity index (χ0) is 11.7. The number of benzene rings is 1. The summed E-state index contributed by atoms with van der Waals surface area (Å²) >= 11 is 0. The van der Waals surface area contributed by atoms with Crippen molar-refractivity contribution in [3.05, 3.63) is 29.3 Å². The van der Waals surface area contributed by atoms with Crippen molar-refractivity contribution in [2.75, 3.05) is 26.7 Å². The number of hydrogen-bond acceptors (Lipinski definition) is 1. The highest BCUT2D eigenvalue weighted by molar-refractivity contribution is 5.37. The van der Waals surface area contributed by atoms with Gasteiger partial charge in [-0.3, -0.25) is 0 Å². The Morgan fingerprint density at radius 3 is 2.88 bits per heavy atom. The minimum absolute atomic E-state index is 0.701. The van der Waals surface area contributed by atoms with E-state index in [1.54, 1.807) is 17.6 Å². The number of hydrogen-bond donors (Lipinski definition) is 2. The summed E-state index contributed by atoms with van der Waals surface area (Å²) in [6, 6.07) is 7.32. The van der Waals surface area contributed by atoms with Gasteiger partial charge in [0.1, 0.15) is 18.8 Å². The number of nitrogens with one attached hydrogen (secondary N) is 1. The Morgan fingerprint density at radius 2 is 2.12 bits per heavy atom. The van der Waals surface area contributed by atoms with Gasteiger partial charge in [-0.25, -0.2) is 0 Å². The maximum atomic E-state index is 5.32. The highest BCUT2D eigenvalue weighted by atomic mass is 16.5. The van der Waals surface area contributed by atoms with E-state index in [1.165, 1.54) is 38.0 Å². The van der Waals surface area contributed by atoms with E-state index in [0.29, 0.717) is 6.04 Å². The smallest absolute Gasteiger partial charge is 0.163 e. The molecule has 2 aliphatic heterocycles. The van der Waals surface area contributed by atoms with E-state index < -0.39 is 0 Å². The second kappa shape index (κ2) is 4.67. The van der Waals surface area contributed by atoms with E-state index in [-0.39, 0.29) is 0 Å². The maximum Gasteiger partial charge on any atom is 0.163 e. The van der Waals surface area contributed by atoms with E-state index in [2.05, 4.69) is 23.5 Å². The fourth-order valence-electron chi connectivity index (χ4n) is 3.32. The first-order valence-corrected chi connectivity index (χ1v) is 6.71. The minimum atomic E-state index is 0.701. The number of fused-ring (bicyclic) bond motifs is 1. The van der Waals surface area contributed by atoms with E-state index >= 15 is 0 Å². The van der Waals surface area contributed by atoms with Crippen molar-refractivity contribution in [2.24, 2.45) is 0 Å². The predicted molar refractivity (Wildman–Crippen MR) is 66.2 cm³/mol. The lowest BCUT2D eigenvalue weighted by molar-refractivity contribution is -0.937. The Labute approximate surface area is 103 Å². The molecule has 0 aromatic heterocycles. The molecule has 0 radical (unpaired) electrons. The molecule has 2 aliphatic rings. The van der Waals surface area contributed by atoms with Gasteiger partial charge < -0.3 is 15.0 Å². The van der Waals surface area contributed by atoms with Crippen LogP contribution in [-0.4, -0.2) is 26.7 Å². The molecule has 17 heavy (non-hydrogen) atoms. The molecule has 1 atom stereocenters. The Balaban J connectivity index is 1.90. The van der Waals surface area contributed by atoms with Crippen molar-refractivity contribution in [1.82, 2.24) is 0 Å². The lowest BCUT2D eigenvalue weighted by atomic mass is 9.95. The molecule has 1 aromatic carbocycles. The molecule has 0 amide bonds. The van der Waals surface area contributed by atoms with Crippen molar-refractivity contribution < 1.29 is 15.0 Å². The molecule has 3 heteroatoms. The van der Waals surface area contributed by atoms with Crippen LogP contribution in [-0.2, 0) is 6.54 Å². The normalized spacial score (nSPS) is 24.6. The van der Waals surface area contributed by atoms with Gasteiger partial charge in [-0.15, -0.1) is 0 Å². The Morgan fingerprint density at radius 1 is 1.29 bits per heavy atom. The van der Waals surface area contributed by atoms with Crippen LogP contribution in [0.3, 0.4) is 0 Å². The molecule has 0 bridgehead atoms. The van der Waals surface area contributed by atoms with Gasteiger partial charge in [-0.1, -0.05) is 0 Å². The van der Waals surface area contributed by atoms with Gasteiger partial charge in [0.05, 0.1) is 20.2 Å². The summed E-state index contributed by atoms with van der Waals surface area (Å²) in [4.78, 5) is 1.78. The van der Waals surface area contributed by atoms with Gasteiger partial charge in [-0.05, 0) is 18.2 Å². The summed E-state index contributed by atoms with van der Waals surface area (Å²) in [5.41, 5.74) is 3.03. The first kappa shape index (κ1) is 11.1. The van der Waals surface area contributed by atoms with Gasteiger partial charge in [0.2, 0.25) is 0 Å². The molecule has 3 N–H and O–H groups in total. The standard InChI is InChI=1S/C14H20N2O/c1-17-12-4-5-13-11(8-12)9-15-10-14(13)16-6-2-3-7-16/h4-5,8,14-15H,2-3,6-7,9-10H2,1H3/p+2/t14-/m0/s1. The van der Waals surface area contributed by atoms with Crippen molar-refractivity contribution >= 4 is 0 Å². The molecular formula is C14H22N2O+2. The second-order valence-electron chi connectivity index (χ2n) is 5.21. The lowest BCUT2D eigenvalue weighted by Gasteiger charge is -2.28. The summed E-state index contributed by atoms with van der Waals surface area (Å²) < 4.78 is 5.32. The molecule has 2 heterocycles. The van der Waals surface area contributed by atoms with Crippen LogP contribution in [0.15, 0.2) is 18.2 Å². The topological polar surface area (TPSA) is 30.3 Å². The highest BCUT2D eigenvalue weighted by Gasteiger charge is 2.33. The van der Waals surface area contributed by atoms with Crippen LogP contribution in [0.1, 0.15) is 30.0 Å². The largest absolute Gasteiger partial charge is 0.497 e. The molecule has 0 unspecified atom stereocenters. The second-order valence-corrected chi connectivity index (χ2v) is 5.21. The van der Waals surface area contributed by atoms with Crippen LogP contribution < -0.4 is 15.0 Å². The number of rotatable bonds is 2. The van der Waals surface area contributed by atoms with Crippen LogP contribution in [0, 0.1) is 0 Å². The van der Waals surface area contributed by atoms with Crippen molar-refractivity contribution in [3.8, 4) is 5.75 Å². The summed E-state index contributed by atoms with van der Waals surface area (Å²) in [5.74, 6) is 0.995. The predicted octanol–water partition coefficient (Wildman–Crippen LogP) is -0.508. The molecule has 0 saturated carbocycles. The summed E-state index contributed by atoms with van der Waals surface area (Å²) in [6.07, 6.45) is 2.80. The quantitative estimate of drug-likeness (QED) is 0.709. The lowest BCUT2D eigenvalue weighted by Crippen LogP contribution is -3.13.